The van der Waals surface area contributed by atoms with Gasteiger partial charge in [0.05, 0.1) is 26.4 Å². The van der Waals surface area contributed by atoms with Crippen molar-refractivity contribution < 1.29 is 9.47 Å². The molecule has 1 aromatic carbocycles. The molecule has 0 saturated heterocycles. The Morgan fingerprint density at radius 2 is 2.12 bits per heavy atom. The summed E-state index contributed by atoms with van der Waals surface area (Å²) < 4.78 is 11.0. The molecule has 132 valence electrons. The average molecular weight is 331 g/mol. The van der Waals surface area contributed by atoms with Crippen molar-refractivity contribution in [1.82, 2.24) is 10.6 Å². The number of ether oxygens (including phenoxy) is 2. The predicted molar refractivity (Wildman–Crippen MR) is 98.6 cm³/mol. The first kappa shape index (κ1) is 18.3. The Labute approximate surface area is 145 Å². The zero-order chi connectivity index (χ0) is 17.0. The van der Waals surface area contributed by atoms with Gasteiger partial charge in [0, 0.05) is 18.7 Å². The van der Waals surface area contributed by atoms with Gasteiger partial charge in [0.25, 0.3) is 0 Å². The molecule has 1 aliphatic heterocycles. The number of hydrogen-bond acceptors (Lipinski definition) is 3. The highest BCUT2D eigenvalue weighted by Gasteiger charge is 2.05. The Bertz CT molecular complexity index is 555. The Kier molecular flexibility index (Phi) is 8.18. The molecular weight excluding hydrogens is 302 g/mol. The maximum absolute atomic E-state index is 5.66. The molecule has 1 aromatic rings. The molecule has 0 aromatic heterocycles. The maximum atomic E-state index is 5.66. The first-order valence-electron chi connectivity index (χ1n) is 8.82. The Morgan fingerprint density at radius 1 is 1.25 bits per heavy atom. The van der Waals surface area contributed by atoms with Crippen LogP contribution < -0.4 is 15.4 Å². The molecule has 0 bridgehead atoms. The van der Waals surface area contributed by atoms with Crippen molar-refractivity contribution in [2.75, 3.05) is 32.9 Å². The third-order valence-corrected chi connectivity index (χ3v) is 3.82. The fraction of sp³-hybridized carbons (Fsp3) is 0.526. The molecule has 0 spiro atoms. The number of aliphatic imine (C=N–C) groups is 1. The van der Waals surface area contributed by atoms with Crippen molar-refractivity contribution in [2.24, 2.45) is 4.99 Å². The third-order valence-electron chi connectivity index (χ3n) is 3.82. The Hall–Kier alpha value is -2.01. The Balaban J connectivity index is 1.89. The zero-order valence-corrected chi connectivity index (χ0v) is 14.8. The van der Waals surface area contributed by atoms with Crippen LogP contribution in [0.5, 0.6) is 5.75 Å². The molecule has 2 rings (SSSR count). The minimum Gasteiger partial charge on any atom is -0.494 e. The second-order valence-electron chi connectivity index (χ2n) is 5.60. The van der Waals surface area contributed by atoms with Gasteiger partial charge in [0.15, 0.2) is 5.96 Å². The van der Waals surface area contributed by atoms with E-state index in [-0.39, 0.29) is 0 Å². The third kappa shape index (κ3) is 6.24. The highest BCUT2D eigenvalue weighted by atomic mass is 16.5. The van der Waals surface area contributed by atoms with Gasteiger partial charge in [0.1, 0.15) is 5.75 Å². The standard InChI is InChI=1S/C19H29N3O2/c1-3-20-19(21-12-9-16-10-13-23-14-11-16)22-15-17-7-5-6-8-18(17)24-4-2/h5-8,10H,3-4,9,11-15H2,1-2H3,(H2,20,21,22). The molecular formula is C19H29N3O2. The van der Waals surface area contributed by atoms with Gasteiger partial charge in [-0.25, -0.2) is 4.99 Å². The molecule has 0 saturated carbocycles. The summed E-state index contributed by atoms with van der Waals surface area (Å²) in [5.41, 5.74) is 2.56. The fourth-order valence-corrected chi connectivity index (χ4v) is 2.57. The summed E-state index contributed by atoms with van der Waals surface area (Å²) in [6.07, 6.45) is 4.26. The lowest BCUT2D eigenvalue weighted by atomic mass is 10.1. The number of para-hydroxylation sites is 1. The lowest BCUT2D eigenvalue weighted by Crippen LogP contribution is -2.38. The molecule has 1 aliphatic rings. The highest BCUT2D eigenvalue weighted by Crippen LogP contribution is 2.18. The summed E-state index contributed by atoms with van der Waals surface area (Å²) in [5.74, 6) is 1.75. The number of hydrogen-bond donors (Lipinski definition) is 2. The Morgan fingerprint density at radius 3 is 2.88 bits per heavy atom. The van der Waals surface area contributed by atoms with E-state index in [9.17, 15) is 0 Å². The van der Waals surface area contributed by atoms with Crippen LogP contribution in [0, 0.1) is 0 Å². The van der Waals surface area contributed by atoms with Gasteiger partial charge in [-0.3, -0.25) is 0 Å². The van der Waals surface area contributed by atoms with Crippen LogP contribution in [0.3, 0.4) is 0 Å². The molecule has 5 nitrogen and oxygen atoms in total. The van der Waals surface area contributed by atoms with Crippen LogP contribution in [0.15, 0.2) is 40.9 Å². The molecule has 0 atom stereocenters. The normalized spacial score (nSPS) is 14.9. The molecule has 24 heavy (non-hydrogen) atoms. The minimum atomic E-state index is 0.599. The van der Waals surface area contributed by atoms with Crippen LogP contribution in [0.1, 0.15) is 32.3 Å². The fourth-order valence-electron chi connectivity index (χ4n) is 2.57. The first-order chi connectivity index (χ1) is 11.8. The molecule has 5 heteroatoms. The quantitative estimate of drug-likeness (QED) is 0.437. The summed E-state index contributed by atoms with van der Waals surface area (Å²) in [6, 6.07) is 8.06. The van der Waals surface area contributed by atoms with E-state index < -0.39 is 0 Å². The second kappa shape index (κ2) is 10.7. The van der Waals surface area contributed by atoms with Crippen molar-refractivity contribution in [1.29, 1.82) is 0 Å². The largest absolute Gasteiger partial charge is 0.494 e. The predicted octanol–water partition coefficient (Wildman–Crippen LogP) is 2.88. The number of nitrogens with zero attached hydrogens (tertiary/aromatic N) is 1. The second-order valence-corrected chi connectivity index (χ2v) is 5.60. The summed E-state index contributed by atoms with van der Waals surface area (Å²) in [6.45, 7) is 8.65. The maximum Gasteiger partial charge on any atom is 0.191 e. The number of guanidine groups is 1. The molecule has 0 amide bonds. The van der Waals surface area contributed by atoms with Crippen LogP contribution in [0.25, 0.3) is 0 Å². The van der Waals surface area contributed by atoms with Gasteiger partial charge in [-0.15, -0.1) is 0 Å². The summed E-state index contributed by atoms with van der Waals surface area (Å²) in [5, 5.41) is 6.70. The van der Waals surface area contributed by atoms with E-state index in [1.165, 1.54) is 5.57 Å². The number of rotatable bonds is 8. The van der Waals surface area contributed by atoms with Gasteiger partial charge in [-0.1, -0.05) is 29.8 Å². The number of nitrogens with one attached hydrogen (secondary N) is 2. The van der Waals surface area contributed by atoms with Crippen LogP contribution >= 0.6 is 0 Å². The molecule has 1 heterocycles. The summed E-state index contributed by atoms with van der Waals surface area (Å²) in [4.78, 5) is 4.68. The van der Waals surface area contributed by atoms with Crippen LogP contribution in [-0.4, -0.2) is 38.9 Å². The van der Waals surface area contributed by atoms with E-state index in [0.717, 1.165) is 56.4 Å². The summed E-state index contributed by atoms with van der Waals surface area (Å²) in [7, 11) is 0. The summed E-state index contributed by atoms with van der Waals surface area (Å²) >= 11 is 0. The van der Waals surface area contributed by atoms with E-state index >= 15 is 0 Å². The lowest BCUT2D eigenvalue weighted by molar-refractivity contribution is 0.153. The molecule has 0 unspecified atom stereocenters. The van der Waals surface area contributed by atoms with E-state index in [0.29, 0.717) is 13.2 Å². The highest BCUT2D eigenvalue weighted by molar-refractivity contribution is 5.79. The zero-order valence-electron chi connectivity index (χ0n) is 14.8. The van der Waals surface area contributed by atoms with E-state index in [1.807, 2.05) is 25.1 Å². The van der Waals surface area contributed by atoms with Crippen molar-refractivity contribution in [2.45, 2.75) is 33.2 Å². The number of benzene rings is 1. The smallest absolute Gasteiger partial charge is 0.191 e. The molecule has 0 radical (unpaired) electrons. The van der Waals surface area contributed by atoms with E-state index in [4.69, 9.17) is 9.47 Å². The van der Waals surface area contributed by atoms with Gasteiger partial charge >= 0.3 is 0 Å². The monoisotopic (exact) mass is 331 g/mol. The van der Waals surface area contributed by atoms with Crippen LogP contribution in [0.4, 0.5) is 0 Å². The van der Waals surface area contributed by atoms with Crippen LogP contribution in [-0.2, 0) is 11.3 Å². The van der Waals surface area contributed by atoms with Gasteiger partial charge < -0.3 is 20.1 Å². The lowest BCUT2D eigenvalue weighted by Gasteiger charge is -2.15. The van der Waals surface area contributed by atoms with Crippen molar-refractivity contribution >= 4 is 5.96 Å². The first-order valence-corrected chi connectivity index (χ1v) is 8.82. The van der Waals surface area contributed by atoms with E-state index in [1.54, 1.807) is 0 Å². The van der Waals surface area contributed by atoms with Gasteiger partial charge in [0.2, 0.25) is 0 Å². The van der Waals surface area contributed by atoms with E-state index in [2.05, 4.69) is 34.7 Å². The molecule has 0 fully saturated rings. The average Bonchev–Trinajstić information content (AvgIpc) is 2.62. The van der Waals surface area contributed by atoms with Crippen LogP contribution in [0.2, 0.25) is 0 Å². The van der Waals surface area contributed by atoms with Crippen molar-refractivity contribution in [3.8, 4) is 5.75 Å². The SMILES string of the molecule is CCNC(=NCc1ccccc1OCC)NCCC1=CCOCC1. The topological polar surface area (TPSA) is 54.9 Å². The van der Waals surface area contributed by atoms with Gasteiger partial charge in [-0.2, -0.15) is 0 Å². The van der Waals surface area contributed by atoms with Crippen molar-refractivity contribution in [3.63, 3.8) is 0 Å². The van der Waals surface area contributed by atoms with Crippen molar-refractivity contribution in [3.05, 3.63) is 41.5 Å². The molecule has 0 aliphatic carbocycles. The molecule has 2 N–H and O–H groups in total. The van der Waals surface area contributed by atoms with Gasteiger partial charge in [-0.05, 0) is 32.8 Å². The minimum absolute atomic E-state index is 0.599.